The molecule has 5 nitrogen and oxygen atoms in total. The van der Waals surface area contributed by atoms with E-state index in [1.165, 1.54) is 0 Å². The summed E-state index contributed by atoms with van der Waals surface area (Å²) < 4.78 is 0. The summed E-state index contributed by atoms with van der Waals surface area (Å²) in [6, 6.07) is 22.3. The van der Waals surface area contributed by atoms with E-state index in [1.54, 1.807) is 29.2 Å². The molecule has 1 aliphatic rings. The summed E-state index contributed by atoms with van der Waals surface area (Å²) in [5.74, 6) is 0.0508. The van der Waals surface area contributed by atoms with Gasteiger partial charge in [0.1, 0.15) is 5.75 Å². The van der Waals surface area contributed by atoms with Crippen molar-refractivity contribution in [1.82, 2.24) is 10.3 Å². The maximum Gasteiger partial charge on any atom is 0.274 e. The molecule has 0 radical (unpaired) electrons. The molecular formula is C25H25N3O2. The first-order valence-corrected chi connectivity index (χ1v) is 9.97. The molecule has 0 fully saturated rings. The van der Waals surface area contributed by atoms with Gasteiger partial charge in [-0.25, -0.2) is 0 Å². The lowest BCUT2D eigenvalue weighted by Gasteiger charge is -2.28. The molecule has 0 spiro atoms. The van der Waals surface area contributed by atoms with Gasteiger partial charge in [0.25, 0.3) is 5.91 Å². The number of carbonyl (C=O) groups is 1. The Morgan fingerprint density at radius 1 is 0.967 bits per heavy atom. The van der Waals surface area contributed by atoms with E-state index in [4.69, 9.17) is 0 Å². The van der Waals surface area contributed by atoms with Crippen LogP contribution >= 0.6 is 0 Å². The van der Waals surface area contributed by atoms with E-state index in [-0.39, 0.29) is 17.7 Å². The molecule has 2 heterocycles. The van der Waals surface area contributed by atoms with E-state index in [9.17, 15) is 9.90 Å². The minimum absolute atomic E-state index is 0.115. The zero-order valence-corrected chi connectivity index (χ0v) is 17.3. The van der Waals surface area contributed by atoms with Crippen molar-refractivity contribution in [3.05, 3.63) is 102 Å². The quantitative estimate of drug-likeness (QED) is 0.658. The second-order valence-corrected chi connectivity index (χ2v) is 8.04. The van der Waals surface area contributed by atoms with Crippen LogP contribution in [0.15, 0.2) is 84.6 Å². The Balaban J connectivity index is 1.71. The summed E-state index contributed by atoms with van der Waals surface area (Å²) >= 11 is 0. The molecule has 152 valence electrons. The van der Waals surface area contributed by atoms with Crippen LogP contribution in [0.1, 0.15) is 36.8 Å². The molecule has 4 rings (SSSR count). The predicted octanol–water partition coefficient (Wildman–Crippen LogP) is 4.59. The van der Waals surface area contributed by atoms with Crippen LogP contribution in [0.4, 0.5) is 5.69 Å². The Morgan fingerprint density at radius 2 is 1.67 bits per heavy atom. The number of aromatic nitrogens is 1. The number of aryl methyl sites for hydroxylation is 1. The Morgan fingerprint density at radius 3 is 2.33 bits per heavy atom. The van der Waals surface area contributed by atoms with Gasteiger partial charge in [-0.1, -0.05) is 36.4 Å². The number of phenolic OH excluding ortho intramolecular Hbond substituents is 1. The number of pyridine rings is 1. The number of rotatable bonds is 5. The van der Waals surface area contributed by atoms with Crippen molar-refractivity contribution in [3.8, 4) is 5.75 Å². The van der Waals surface area contributed by atoms with E-state index in [0.29, 0.717) is 5.70 Å². The van der Waals surface area contributed by atoms with E-state index < -0.39 is 5.54 Å². The highest BCUT2D eigenvalue weighted by Crippen LogP contribution is 2.36. The molecule has 1 atom stereocenters. The summed E-state index contributed by atoms with van der Waals surface area (Å²) in [6.07, 6.45) is 1.96. The van der Waals surface area contributed by atoms with Crippen molar-refractivity contribution in [1.29, 1.82) is 0 Å². The highest BCUT2D eigenvalue weighted by molar-refractivity contribution is 6.09. The number of aromatic hydroxyl groups is 1. The molecule has 2 aromatic carbocycles. The van der Waals surface area contributed by atoms with Crippen LogP contribution in [0.2, 0.25) is 0 Å². The molecule has 1 aromatic heterocycles. The smallest absolute Gasteiger partial charge is 0.274 e. The minimum atomic E-state index is -0.528. The average molecular weight is 399 g/mol. The maximum atomic E-state index is 13.5. The third-order valence-corrected chi connectivity index (χ3v) is 5.30. The molecule has 5 heteroatoms. The fourth-order valence-corrected chi connectivity index (χ4v) is 3.73. The number of carbonyl (C=O) groups excluding carboxylic acids is 1. The van der Waals surface area contributed by atoms with Crippen LogP contribution in [0.3, 0.4) is 0 Å². The zero-order valence-electron chi connectivity index (χ0n) is 17.3. The Labute approximate surface area is 176 Å². The predicted molar refractivity (Wildman–Crippen MR) is 118 cm³/mol. The van der Waals surface area contributed by atoms with E-state index >= 15 is 0 Å². The van der Waals surface area contributed by atoms with Gasteiger partial charge in [-0.15, -0.1) is 0 Å². The summed E-state index contributed by atoms with van der Waals surface area (Å²) in [5, 5.41) is 13.1. The molecular weight excluding hydrogens is 374 g/mol. The number of phenols is 1. The number of hydrogen-bond donors (Lipinski definition) is 2. The lowest BCUT2D eigenvalue weighted by molar-refractivity contribution is -0.115. The highest BCUT2D eigenvalue weighted by atomic mass is 16.3. The molecule has 1 amide bonds. The fourth-order valence-electron chi connectivity index (χ4n) is 3.73. The molecule has 30 heavy (non-hydrogen) atoms. The Bertz CT molecular complexity index is 1090. The number of benzene rings is 2. The number of amides is 1. The largest absolute Gasteiger partial charge is 0.508 e. The summed E-state index contributed by atoms with van der Waals surface area (Å²) in [4.78, 5) is 19.8. The Hall–Kier alpha value is -3.60. The van der Waals surface area contributed by atoms with Crippen molar-refractivity contribution in [3.63, 3.8) is 0 Å². The number of anilines is 1. The van der Waals surface area contributed by atoms with Crippen molar-refractivity contribution < 1.29 is 9.90 Å². The standard InChI is InChI=1S/C25H25N3O2/c1-17-8-7-11-23(26-17)25(2,3)27-21-16-22(18-9-5-4-6-10-18)28(24(21)30)19-12-14-20(29)15-13-19/h4-16,22,27,29H,1-3H3. The minimum Gasteiger partial charge on any atom is -0.508 e. The van der Waals surface area contributed by atoms with Crippen LogP contribution in [0.25, 0.3) is 0 Å². The van der Waals surface area contributed by atoms with Gasteiger partial charge in [0.2, 0.25) is 0 Å². The molecule has 0 saturated carbocycles. The number of hydrogen-bond acceptors (Lipinski definition) is 4. The molecule has 0 aliphatic carbocycles. The molecule has 1 unspecified atom stereocenters. The summed E-state index contributed by atoms with van der Waals surface area (Å²) in [7, 11) is 0. The van der Waals surface area contributed by atoms with Gasteiger partial charge in [0.15, 0.2) is 0 Å². The van der Waals surface area contributed by atoms with Crippen LogP contribution in [0.5, 0.6) is 5.75 Å². The fraction of sp³-hybridized carbons (Fsp3) is 0.200. The Kier molecular flexibility index (Phi) is 5.04. The summed E-state index contributed by atoms with van der Waals surface area (Å²) in [6.45, 7) is 5.99. The molecule has 0 bridgehead atoms. The third kappa shape index (κ3) is 3.79. The van der Waals surface area contributed by atoms with Gasteiger partial charge < -0.3 is 10.4 Å². The highest BCUT2D eigenvalue weighted by Gasteiger charge is 2.37. The van der Waals surface area contributed by atoms with Gasteiger partial charge in [0.05, 0.1) is 23.0 Å². The SMILES string of the molecule is Cc1cccc(C(C)(C)NC2=CC(c3ccccc3)N(c3ccc(O)cc3)C2=O)n1. The first-order valence-electron chi connectivity index (χ1n) is 9.97. The first-order chi connectivity index (χ1) is 14.3. The second-order valence-electron chi connectivity index (χ2n) is 8.04. The van der Waals surface area contributed by atoms with Gasteiger partial charge in [-0.3, -0.25) is 14.7 Å². The maximum absolute atomic E-state index is 13.5. The molecule has 0 saturated heterocycles. The average Bonchev–Trinajstić information content (AvgIpc) is 3.05. The lowest BCUT2D eigenvalue weighted by atomic mass is 9.98. The van der Waals surface area contributed by atoms with Crippen LogP contribution < -0.4 is 10.2 Å². The van der Waals surface area contributed by atoms with Crippen molar-refractivity contribution in [2.24, 2.45) is 0 Å². The van der Waals surface area contributed by atoms with Crippen LogP contribution in [0, 0.1) is 6.92 Å². The van der Waals surface area contributed by atoms with E-state index in [1.807, 2.05) is 75.4 Å². The van der Waals surface area contributed by atoms with Gasteiger partial charge >= 0.3 is 0 Å². The lowest BCUT2D eigenvalue weighted by Crippen LogP contribution is -2.41. The van der Waals surface area contributed by atoms with Crippen LogP contribution in [-0.4, -0.2) is 16.0 Å². The zero-order chi connectivity index (χ0) is 21.3. The van der Waals surface area contributed by atoms with E-state index in [0.717, 1.165) is 22.6 Å². The summed E-state index contributed by atoms with van der Waals surface area (Å²) in [5.41, 5.74) is 3.55. The molecule has 1 aliphatic heterocycles. The van der Waals surface area contributed by atoms with Gasteiger partial charge in [-0.2, -0.15) is 0 Å². The number of nitrogens with one attached hydrogen (secondary N) is 1. The van der Waals surface area contributed by atoms with Gasteiger partial charge in [-0.05, 0) is 68.8 Å². The van der Waals surface area contributed by atoms with Crippen molar-refractivity contribution >= 4 is 11.6 Å². The third-order valence-electron chi connectivity index (χ3n) is 5.30. The topological polar surface area (TPSA) is 65.5 Å². The van der Waals surface area contributed by atoms with Crippen molar-refractivity contribution in [2.75, 3.05) is 4.90 Å². The molecule has 2 N–H and O–H groups in total. The monoisotopic (exact) mass is 399 g/mol. The van der Waals surface area contributed by atoms with Crippen LogP contribution in [-0.2, 0) is 10.3 Å². The normalized spacial score (nSPS) is 16.5. The van der Waals surface area contributed by atoms with Gasteiger partial charge in [0, 0.05) is 11.4 Å². The van der Waals surface area contributed by atoms with Crippen molar-refractivity contribution in [2.45, 2.75) is 32.4 Å². The van der Waals surface area contributed by atoms with E-state index in [2.05, 4.69) is 10.3 Å². The first kappa shape index (κ1) is 19.7. The molecule has 3 aromatic rings. The second kappa shape index (κ2) is 7.67. The number of nitrogens with zero attached hydrogens (tertiary/aromatic N) is 2.